The first-order valence-electron chi connectivity index (χ1n) is 7.15. The molecule has 0 unspecified atom stereocenters. The largest absolute Gasteiger partial charge is 0.459 e. The molecule has 3 nitrogen and oxygen atoms in total. The monoisotopic (exact) mass is 315 g/mol. The topological polar surface area (TPSA) is 45.4 Å². The van der Waals surface area contributed by atoms with E-state index in [0.717, 1.165) is 11.3 Å². The second-order valence-corrected chi connectivity index (χ2v) is 5.03. The summed E-state index contributed by atoms with van der Waals surface area (Å²) in [5.74, 6) is -0.641. The molecule has 0 saturated carbocycles. The number of para-hydroxylation sites is 1. The van der Waals surface area contributed by atoms with Gasteiger partial charge in [0, 0.05) is 11.3 Å². The lowest BCUT2D eigenvalue weighted by Crippen LogP contribution is -2.01. The smallest absolute Gasteiger partial charge is 0.140 e. The molecule has 0 radical (unpaired) electrons. The van der Waals surface area contributed by atoms with Crippen LogP contribution in [-0.2, 0) is 13.2 Å². The van der Waals surface area contributed by atoms with Crippen LogP contribution in [0, 0.1) is 11.6 Å². The van der Waals surface area contributed by atoms with Crippen molar-refractivity contribution < 1.29 is 18.3 Å². The zero-order valence-corrected chi connectivity index (χ0v) is 12.2. The van der Waals surface area contributed by atoms with Gasteiger partial charge in [-0.1, -0.05) is 24.3 Å². The minimum atomic E-state index is -0.663. The highest BCUT2D eigenvalue weighted by Gasteiger charge is 2.14. The fourth-order valence-corrected chi connectivity index (χ4v) is 2.35. The van der Waals surface area contributed by atoms with Gasteiger partial charge in [0.1, 0.15) is 23.2 Å². The van der Waals surface area contributed by atoms with E-state index in [1.807, 2.05) is 24.3 Å². The van der Waals surface area contributed by atoms with Gasteiger partial charge in [0.2, 0.25) is 0 Å². The molecule has 3 rings (SSSR count). The molecule has 2 N–H and O–H groups in total. The lowest BCUT2D eigenvalue weighted by Gasteiger charge is -2.09. The van der Waals surface area contributed by atoms with E-state index in [0.29, 0.717) is 12.3 Å². The predicted octanol–water partition coefficient (Wildman–Crippen LogP) is 4.33. The Morgan fingerprint density at radius 1 is 0.913 bits per heavy atom. The van der Waals surface area contributed by atoms with Crippen LogP contribution in [-0.4, -0.2) is 5.11 Å². The summed E-state index contributed by atoms with van der Waals surface area (Å²) in [5, 5.41) is 12.4. The molecule has 23 heavy (non-hydrogen) atoms. The molecule has 1 heterocycles. The first-order chi connectivity index (χ1) is 11.2. The molecule has 0 bridgehead atoms. The molecule has 118 valence electrons. The number of hydrogen-bond acceptors (Lipinski definition) is 3. The van der Waals surface area contributed by atoms with Crippen LogP contribution in [0.1, 0.15) is 11.3 Å². The van der Waals surface area contributed by atoms with Crippen LogP contribution in [0.4, 0.5) is 14.5 Å². The number of anilines is 1. The third kappa shape index (κ3) is 3.24. The molecule has 0 aliphatic rings. The number of nitrogens with one attached hydrogen (secondary N) is 1. The lowest BCUT2D eigenvalue weighted by molar-refractivity contribution is 0.282. The van der Waals surface area contributed by atoms with E-state index in [4.69, 9.17) is 4.42 Å². The second-order valence-electron chi connectivity index (χ2n) is 5.03. The van der Waals surface area contributed by atoms with Crippen LogP contribution in [0.25, 0.3) is 11.3 Å². The number of benzene rings is 2. The van der Waals surface area contributed by atoms with Gasteiger partial charge >= 0.3 is 0 Å². The van der Waals surface area contributed by atoms with Crippen LogP contribution < -0.4 is 5.32 Å². The molecule has 0 amide bonds. The summed E-state index contributed by atoms with van der Waals surface area (Å²) in [5.41, 5.74) is 1.37. The Morgan fingerprint density at radius 3 is 2.39 bits per heavy atom. The maximum atomic E-state index is 13.8. The number of aliphatic hydroxyl groups is 1. The van der Waals surface area contributed by atoms with Gasteiger partial charge in [-0.25, -0.2) is 8.78 Å². The predicted molar refractivity (Wildman–Crippen MR) is 83.8 cm³/mol. The molecule has 0 fully saturated rings. The Bertz CT molecular complexity index is 794. The minimum absolute atomic E-state index is 0.0764. The van der Waals surface area contributed by atoms with E-state index in [9.17, 15) is 13.9 Å². The molecule has 0 atom stereocenters. The van der Waals surface area contributed by atoms with Crippen molar-refractivity contribution in [2.75, 3.05) is 5.32 Å². The van der Waals surface area contributed by atoms with Crippen molar-refractivity contribution in [1.29, 1.82) is 0 Å². The molecule has 0 saturated heterocycles. The molecule has 2 aromatic carbocycles. The molecule has 3 aromatic rings. The summed E-state index contributed by atoms with van der Waals surface area (Å²) in [4.78, 5) is 0. The van der Waals surface area contributed by atoms with Crippen LogP contribution in [0.3, 0.4) is 0 Å². The molecule has 0 spiro atoms. The lowest BCUT2D eigenvalue weighted by atomic mass is 10.1. The molecule has 5 heteroatoms. The van der Waals surface area contributed by atoms with Crippen LogP contribution >= 0.6 is 0 Å². The number of aliphatic hydroxyl groups excluding tert-OH is 1. The Balaban J connectivity index is 1.78. The molecular weight excluding hydrogens is 300 g/mol. The van der Waals surface area contributed by atoms with E-state index >= 15 is 0 Å². The van der Waals surface area contributed by atoms with Gasteiger partial charge in [-0.2, -0.15) is 0 Å². The summed E-state index contributed by atoms with van der Waals surface area (Å²) >= 11 is 0. The van der Waals surface area contributed by atoms with Crippen LogP contribution in [0.15, 0.2) is 59.0 Å². The first-order valence-corrected chi connectivity index (χ1v) is 7.15. The maximum Gasteiger partial charge on any atom is 0.140 e. The highest BCUT2D eigenvalue weighted by atomic mass is 19.1. The van der Waals surface area contributed by atoms with E-state index in [1.165, 1.54) is 24.3 Å². The van der Waals surface area contributed by atoms with E-state index in [2.05, 4.69) is 5.32 Å². The van der Waals surface area contributed by atoms with Crippen molar-refractivity contribution >= 4 is 5.69 Å². The van der Waals surface area contributed by atoms with Gasteiger partial charge in [0.25, 0.3) is 0 Å². The third-order valence-corrected chi connectivity index (χ3v) is 3.51. The van der Waals surface area contributed by atoms with Crippen LogP contribution in [0.2, 0.25) is 0 Å². The summed E-state index contributed by atoms with van der Waals surface area (Å²) in [6.07, 6.45) is 0. The van der Waals surface area contributed by atoms with Gasteiger partial charge in [-0.05, 0) is 30.3 Å². The molecule has 0 aliphatic heterocycles. The highest BCUT2D eigenvalue weighted by Crippen LogP contribution is 2.28. The van der Waals surface area contributed by atoms with Crippen molar-refractivity contribution in [3.63, 3.8) is 0 Å². The van der Waals surface area contributed by atoms with Crippen LogP contribution in [0.5, 0.6) is 0 Å². The summed E-state index contributed by atoms with van der Waals surface area (Å²) in [7, 11) is 0. The van der Waals surface area contributed by atoms with Crippen molar-refractivity contribution in [2.45, 2.75) is 13.2 Å². The number of halogens is 2. The average Bonchev–Trinajstić information content (AvgIpc) is 3.01. The Labute approximate surface area is 132 Å². The Morgan fingerprint density at radius 2 is 1.65 bits per heavy atom. The first kappa shape index (κ1) is 15.2. The highest BCUT2D eigenvalue weighted by molar-refractivity contribution is 5.59. The Kier molecular flexibility index (Phi) is 4.39. The van der Waals surface area contributed by atoms with Gasteiger partial charge in [-0.3, -0.25) is 0 Å². The fraction of sp³-hybridized carbons (Fsp3) is 0.111. The van der Waals surface area contributed by atoms with E-state index < -0.39 is 11.6 Å². The quantitative estimate of drug-likeness (QED) is 0.736. The van der Waals surface area contributed by atoms with Crippen molar-refractivity contribution in [1.82, 2.24) is 0 Å². The fourth-order valence-electron chi connectivity index (χ4n) is 2.35. The van der Waals surface area contributed by atoms with Crippen molar-refractivity contribution in [3.8, 4) is 11.3 Å². The molecular formula is C18H15F2NO2. The average molecular weight is 315 g/mol. The van der Waals surface area contributed by atoms with E-state index in [-0.39, 0.29) is 17.9 Å². The third-order valence-electron chi connectivity index (χ3n) is 3.51. The van der Waals surface area contributed by atoms with Crippen molar-refractivity contribution in [3.05, 3.63) is 77.6 Å². The number of furan rings is 1. The number of rotatable bonds is 5. The van der Waals surface area contributed by atoms with Gasteiger partial charge < -0.3 is 14.8 Å². The summed E-state index contributed by atoms with van der Waals surface area (Å²) in [6.45, 7) is 0.264. The van der Waals surface area contributed by atoms with Gasteiger partial charge in [-0.15, -0.1) is 0 Å². The maximum absolute atomic E-state index is 13.8. The SMILES string of the molecule is OCc1ccccc1NCc1ccc(-c2c(F)cccc2F)o1. The van der Waals surface area contributed by atoms with Crippen molar-refractivity contribution in [2.24, 2.45) is 0 Å². The number of hydrogen-bond donors (Lipinski definition) is 2. The zero-order chi connectivity index (χ0) is 16.2. The summed E-state index contributed by atoms with van der Waals surface area (Å²) < 4.78 is 33.0. The minimum Gasteiger partial charge on any atom is -0.459 e. The Hall–Kier alpha value is -2.66. The zero-order valence-electron chi connectivity index (χ0n) is 12.2. The molecule has 0 aliphatic carbocycles. The summed E-state index contributed by atoms with van der Waals surface area (Å²) in [6, 6.07) is 14.2. The van der Waals surface area contributed by atoms with E-state index in [1.54, 1.807) is 6.07 Å². The van der Waals surface area contributed by atoms with Gasteiger partial charge in [0.05, 0.1) is 18.7 Å². The standard InChI is InChI=1S/C18H15F2NO2/c19-14-5-3-6-15(20)18(14)17-9-8-13(23-17)10-21-16-7-2-1-4-12(16)11-22/h1-9,21-22H,10-11H2. The normalized spacial score (nSPS) is 10.7. The van der Waals surface area contributed by atoms with Gasteiger partial charge in [0.15, 0.2) is 0 Å². The second kappa shape index (κ2) is 6.62. The molecule has 1 aromatic heterocycles.